The Bertz CT molecular complexity index is 450. The number of aromatic nitrogens is 2. The van der Waals surface area contributed by atoms with Crippen LogP contribution >= 0.6 is 0 Å². The molecule has 0 aromatic carbocycles. The number of carbonyl (C=O) groups is 1. The van der Waals surface area contributed by atoms with Crippen molar-refractivity contribution in [2.24, 2.45) is 12.5 Å². The average molecular weight is 250 g/mol. The Morgan fingerprint density at radius 3 is 2.89 bits per heavy atom. The SMILES string of the molecule is Cc1cc(NC(=O)C2NCCCC2(C)C)n(C)n1. The van der Waals surface area contributed by atoms with E-state index in [1.807, 2.05) is 20.0 Å². The number of carbonyl (C=O) groups excluding carboxylic acids is 1. The van der Waals surface area contributed by atoms with Crippen molar-refractivity contribution >= 4 is 11.7 Å². The fourth-order valence-electron chi connectivity index (χ4n) is 2.58. The van der Waals surface area contributed by atoms with Crippen LogP contribution in [-0.4, -0.2) is 28.3 Å². The summed E-state index contributed by atoms with van der Waals surface area (Å²) in [6.45, 7) is 7.10. The minimum Gasteiger partial charge on any atom is -0.310 e. The molecule has 1 unspecified atom stereocenters. The van der Waals surface area contributed by atoms with E-state index >= 15 is 0 Å². The van der Waals surface area contributed by atoms with Gasteiger partial charge in [0, 0.05) is 13.1 Å². The Hall–Kier alpha value is -1.36. The van der Waals surface area contributed by atoms with Gasteiger partial charge in [0.15, 0.2) is 0 Å². The molecule has 1 amide bonds. The summed E-state index contributed by atoms with van der Waals surface area (Å²) in [5.74, 6) is 0.781. The molecular formula is C13H22N4O. The maximum absolute atomic E-state index is 12.3. The summed E-state index contributed by atoms with van der Waals surface area (Å²) < 4.78 is 1.70. The van der Waals surface area contributed by atoms with Gasteiger partial charge >= 0.3 is 0 Å². The minimum absolute atomic E-state index is 0.00400. The van der Waals surface area contributed by atoms with Crippen LogP contribution in [0.3, 0.4) is 0 Å². The van der Waals surface area contributed by atoms with Crippen LogP contribution in [0, 0.1) is 12.3 Å². The average Bonchev–Trinajstić information content (AvgIpc) is 2.56. The van der Waals surface area contributed by atoms with Crippen LogP contribution in [0.2, 0.25) is 0 Å². The molecule has 0 radical (unpaired) electrons. The molecule has 2 heterocycles. The van der Waals surface area contributed by atoms with Gasteiger partial charge in [0.25, 0.3) is 0 Å². The van der Waals surface area contributed by atoms with Crippen molar-refractivity contribution in [2.45, 2.75) is 39.7 Å². The van der Waals surface area contributed by atoms with Crippen molar-refractivity contribution in [1.29, 1.82) is 0 Å². The van der Waals surface area contributed by atoms with Crippen LogP contribution in [0.1, 0.15) is 32.4 Å². The van der Waals surface area contributed by atoms with Gasteiger partial charge in [-0.05, 0) is 31.7 Å². The number of piperidine rings is 1. The van der Waals surface area contributed by atoms with Crippen molar-refractivity contribution in [3.05, 3.63) is 11.8 Å². The number of aryl methyl sites for hydroxylation is 2. The van der Waals surface area contributed by atoms with Crippen molar-refractivity contribution in [3.63, 3.8) is 0 Å². The number of anilines is 1. The molecule has 100 valence electrons. The topological polar surface area (TPSA) is 59.0 Å². The van der Waals surface area contributed by atoms with Gasteiger partial charge in [-0.15, -0.1) is 0 Å². The monoisotopic (exact) mass is 250 g/mol. The highest BCUT2D eigenvalue weighted by Gasteiger charge is 2.37. The third-order valence-corrected chi connectivity index (χ3v) is 3.64. The van der Waals surface area contributed by atoms with E-state index < -0.39 is 0 Å². The van der Waals surface area contributed by atoms with E-state index in [2.05, 4.69) is 29.6 Å². The van der Waals surface area contributed by atoms with Gasteiger partial charge in [-0.2, -0.15) is 5.10 Å². The maximum atomic E-state index is 12.3. The molecule has 18 heavy (non-hydrogen) atoms. The summed E-state index contributed by atoms with van der Waals surface area (Å²) in [5, 5.41) is 10.5. The molecule has 5 heteroatoms. The zero-order valence-electron chi connectivity index (χ0n) is 11.6. The summed E-state index contributed by atoms with van der Waals surface area (Å²) >= 11 is 0. The van der Waals surface area contributed by atoms with E-state index in [0.29, 0.717) is 0 Å². The van der Waals surface area contributed by atoms with Gasteiger partial charge < -0.3 is 10.6 Å². The molecule has 1 fully saturated rings. The Morgan fingerprint density at radius 2 is 2.33 bits per heavy atom. The first kappa shape index (κ1) is 13.1. The van der Waals surface area contributed by atoms with Crippen LogP contribution in [0.25, 0.3) is 0 Å². The van der Waals surface area contributed by atoms with E-state index in [4.69, 9.17) is 0 Å². The molecule has 1 aliphatic heterocycles. The number of amides is 1. The van der Waals surface area contributed by atoms with E-state index in [-0.39, 0.29) is 17.4 Å². The lowest BCUT2D eigenvalue weighted by Gasteiger charge is -2.38. The highest BCUT2D eigenvalue weighted by Crippen LogP contribution is 2.30. The second-order valence-electron chi connectivity index (χ2n) is 5.76. The number of rotatable bonds is 2. The van der Waals surface area contributed by atoms with Crippen molar-refractivity contribution in [3.8, 4) is 0 Å². The summed E-state index contributed by atoms with van der Waals surface area (Å²) in [6, 6.07) is 1.75. The normalized spacial score (nSPS) is 22.8. The summed E-state index contributed by atoms with van der Waals surface area (Å²) in [4.78, 5) is 12.3. The molecule has 0 spiro atoms. The number of nitrogens with one attached hydrogen (secondary N) is 2. The Balaban J connectivity index is 2.10. The van der Waals surface area contributed by atoms with Gasteiger partial charge in [-0.1, -0.05) is 13.8 Å². The summed E-state index contributed by atoms with van der Waals surface area (Å²) in [5.41, 5.74) is 0.902. The molecule has 0 saturated carbocycles. The Morgan fingerprint density at radius 1 is 1.61 bits per heavy atom. The lowest BCUT2D eigenvalue weighted by atomic mass is 9.77. The second-order valence-corrected chi connectivity index (χ2v) is 5.76. The number of nitrogens with zero attached hydrogens (tertiary/aromatic N) is 2. The number of hydrogen-bond acceptors (Lipinski definition) is 3. The van der Waals surface area contributed by atoms with Crippen molar-refractivity contribution in [1.82, 2.24) is 15.1 Å². The molecule has 0 aliphatic carbocycles. The minimum atomic E-state index is -0.138. The van der Waals surface area contributed by atoms with E-state index in [1.54, 1.807) is 4.68 Å². The second kappa shape index (κ2) is 4.72. The predicted molar refractivity (Wildman–Crippen MR) is 71.4 cm³/mol. The molecule has 2 N–H and O–H groups in total. The summed E-state index contributed by atoms with van der Waals surface area (Å²) in [7, 11) is 1.84. The molecule has 1 aromatic heterocycles. The molecule has 0 bridgehead atoms. The largest absolute Gasteiger partial charge is 0.310 e. The van der Waals surface area contributed by atoms with Crippen LogP contribution in [0.4, 0.5) is 5.82 Å². The highest BCUT2D eigenvalue weighted by atomic mass is 16.2. The van der Waals surface area contributed by atoms with Crippen molar-refractivity contribution < 1.29 is 4.79 Å². The van der Waals surface area contributed by atoms with Gasteiger partial charge in [0.05, 0.1) is 11.7 Å². The van der Waals surface area contributed by atoms with E-state index in [1.165, 1.54) is 0 Å². The van der Waals surface area contributed by atoms with Crippen molar-refractivity contribution in [2.75, 3.05) is 11.9 Å². The zero-order valence-corrected chi connectivity index (χ0v) is 11.6. The number of hydrogen-bond donors (Lipinski definition) is 2. The molecule has 1 aromatic rings. The maximum Gasteiger partial charge on any atom is 0.243 e. The lowest BCUT2D eigenvalue weighted by molar-refractivity contribution is -0.121. The smallest absolute Gasteiger partial charge is 0.243 e. The van der Waals surface area contributed by atoms with Gasteiger partial charge in [0.1, 0.15) is 5.82 Å². The lowest BCUT2D eigenvalue weighted by Crippen LogP contribution is -2.53. The first-order valence-corrected chi connectivity index (χ1v) is 6.45. The highest BCUT2D eigenvalue weighted by molar-refractivity contribution is 5.94. The van der Waals surface area contributed by atoms with Gasteiger partial charge in [0.2, 0.25) is 5.91 Å². The van der Waals surface area contributed by atoms with Crippen LogP contribution in [0.15, 0.2) is 6.07 Å². The summed E-state index contributed by atoms with van der Waals surface area (Å²) in [6.07, 6.45) is 2.20. The zero-order chi connectivity index (χ0) is 13.3. The third kappa shape index (κ3) is 2.56. The fourth-order valence-corrected chi connectivity index (χ4v) is 2.58. The molecular weight excluding hydrogens is 228 g/mol. The molecule has 1 atom stereocenters. The molecule has 1 aliphatic rings. The first-order valence-electron chi connectivity index (χ1n) is 6.45. The Labute approximate surface area is 108 Å². The standard InChI is InChI=1S/C13H22N4O/c1-9-8-10(17(4)16-9)15-12(18)11-13(2,3)6-5-7-14-11/h8,11,14H,5-7H2,1-4H3,(H,15,18). The third-order valence-electron chi connectivity index (χ3n) is 3.64. The molecule has 2 rings (SSSR count). The first-order chi connectivity index (χ1) is 8.40. The molecule has 1 saturated heterocycles. The Kier molecular flexibility index (Phi) is 3.43. The van der Waals surface area contributed by atoms with Crippen LogP contribution < -0.4 is 10.6 Å². The van der Waals surface area contributed by atoms with Crippen LogP contribution in [-0.2, 0) is 11.8 Å². The van der Waals surface area contributed by atoms with Crippen LogP contribution in [0.5, 0.6) is 0 Å². The van der Waals surface area contributed by atoms with Gasteiger partial charge in [-0.3, -0.25) is 9.48 Å². The molecule has 5 nitrogen and oxygen atoms in total. The van der Waals surface area contributed by atoms with E-state index in [0.717, 1.165) is 30.9 Å². The fraction of sp³-hybridized carbons (Fsp3) is 0.692. The quantitative estimate of drug-likeness (QED) is 0.835. The van der Waals surface area contributed by atoms with Gasteiger partial charge in [-0.25, -0.2) is 0 Å². The van der Waals surface area contributed by atoms with E-state index in [9.17, 15) is 4.79 Å². The predicted octanol–water partition coefficient (Wildman–Crippen LogP) is 1.45.